The average molecular weight is 256 g/mol. The van der Waals surface area contributed by atoms with Crippen LogP contribution in [0.15, 0.2) is 24.3 Å². The molecule has 1 aliphatic heterocycles. The van der Waals surface area contributed by atoms with Gasteiger partial charge in [-0.05, 0) is 17.8 Å². The lowest BCUT2D eigenvalue weighted by Crippen LogP contribution is -2.34. The molecule has 1 heterocycles. The molecule has 0 amide bonds. The molecule has 0 spiro atoms. The van der Waals surface area contributed by atoms with E-state index in [0.29, 0.717) is 5.56 Å². The molecule has 6 atom stereocenters. The number of hydrogen-bond donors (Lipinski definition) is 3. The minimum Gasteiger partial charge on any atom is -0.388 e. The minimum atomic E-state index is -1.06. The Morgan fingerprint density at radius 3 is 2.24 bits per heavy atom. The first-order valence-corrected chi connectivity index (χ1v) is 6.13. The molecule has 3 N–H and O–H groups in total. The number of aliphatic hydroxyl groups excluding tert-OH is 3. The summed E-state index contributed by atoms with van der Waals surface area (Å²) in [5.74, 6) is 0. The molecule has 0 radical (unpaired) electrons. The topological polar surface area (TPSA) is 69.9 Å². The molecular formula is C12H17O4P. The highest BCUT2D eigenvalue weighted by atomic mass is 31.0. The number of rotatable bonds is 2. The molecule has 1 aromatic rings. The van der Waals surface area contributed by atoms with Crippen LogP contribution in [0, 0.1) is 0 Å². The Morgan fingerprint density at radius 2 is 1.76 bits per heavy atom. The maximum Gasteiger partial charge on any atom is 0.116 e. The Bertz CT molecular complexity index is 381. The van der Waals surface area contributed by atoms with Crippen molar-refractivity contribution in [1.29, 1.82) is 0 Å². The van der Waals surface area contributed by atoms with Crippen LogP contribution >= 0.6 is 9.24 Å². The Hall–Kier alpha value is -0.510. The second-order valence-corrected chi connectivity index (χ2v) is 5.07. The van der Waals surface area contributed by atoms with E-state index in [1.807, 2.05) is 12.1 Å². The molecule has 1 saturated heterocycles. The molecule has 2 rings (SSSR count). The quantitative estimate of drug-likeness (QED) is 0.637. The summed E-state index contributed by atoms with van der Waals surface area (Å²) in [5, 5.41) is 30.5. The summed E-state index contributed by atoms with van der Waals surface area (Å²) < 4.78 is 5.38. The van der Waals surface area contributed by atoms with Crippen LogP contribution in [-0.2, 0) is 4.74 Å². The molecular weight excluding hydrogens is 239 g/mol. The highest BCUT2D eigenvalue weighted by Crippen LogP contribution is 2.30. The SMILES string of the molecule is C[C@@H]1O[C@H]([C@@H](O)c2ccc(P)cc2)[C@@H](O)[C@H]1O. The van der Waals surface area contributed by atoms with Crippen LogP contribution < -0.4 is 5.30 Å². The first-order valence-electron chi connectivity index (χ1n) is 5.56. The van der Waals surface area contributed by atoms with Gasteiger partial charge in [-0.15, -0.1) is 9.24 Å². The van der Waals surface area contributed by atoms with E-state index >= 15 is 0 Å². The normalized spacial score (nSPS) is 34.9. The van der Waals surface area contributed by atoms with Gasteiger partial charge in [0.15, 0.2) is 0 Å². The predicted molar refractivity (Wildman–Crippen MR) is 67.1 cm³/mol. The molecule has 0 aliphatic carbocycles. The Morgan fingerprint density at radius 1 is 1.18 bits per heavy atom. The van der Waals surface area contributed by atoms with Gasteiger partial charge in [0.1, 0.15) is 24.4 Å². The zero-order valence-electron chi connectivity index (χ0n) is 9.52. The lowest BCUT2D eigenvalue weighted by atomic mass is 9.99. The Labute approximate surface area is 102 Å². The van der Waals surface area contributed by atoms with Crippen molar-refractivity contribution in [3.63, 3.8) is 0 Å². The molecule has 17 heavy (non-hydrogen) atoms. The first kappa shape index (κ1) is 12.9. The number of ether oxygens (including phenoxy) is 1. The molecule has 94 valence electrons. The Kier molecular flexibility index (Phi) is 3.81. The van der Waals surface area contributed by atoms with E-state index in [1.54, 1.807) is 19.1 Å². The molecule has 1 unspecified atom stereocenters. The van der Waals surface area contributed by atoms with Crippen LogP contribution in [0.25, 0.3) is 0 Å². The van der Waals surface area contributed by atoms with Gasteiger partial charge in [0.25, 0.3) is 0 Å². The van der Waals surface area contributed by atoms with Gasteiger partial charge in [0.05, 0.1) is 6.10 Å². The van der Waals surface area contributed by atoms with Gasteiger partial charge < -0.3 is 20.1 Å². The number of hydrogen-bond acceptors (Lipinski definition) is 4. The van der Waals surface area contributed by atoms with Crippen LogP contribution in [0.5, 0.6) is 0 Å². The van der Waals surface area contributed by atoms with Crippen LogP contribution in [-0.4, -0.2) is 39.7 Å². The van der Waals surface area contributed by atoms with Crippen molar-refractivity contribution in [3.8, 4) is 0 Å². The van der Waals surface area contributed by atoms with Gasteiger partial charge in [-0.3, -0.25) is 0 Å². The number of benzene rings is 1. The fraction of sp³-hybridized carbons (Fsp3) is 0.500. The zero-order valence-corrected chi connectivity index (χ0v) is 10.7. The second-order valence-electron chi connectivity index (χ2n) is 4.40. The third-order valence-corrected chi connectivity index (χ3v) is 3.51. The molecule has 0 saturated carbocycles. The van der Waals surface area contributed by atoms with E-state index < -0.39 is 30.5 Å². The lowest BCUT2D eigenvalue weighted by Gasteiger charge is -2.21. The first-order chi connectivity index (χ1) is 8.00. The summed E-state index contributed by atoms with van der Waals surface area (Å²) in [5.41, 5.74) is 0.668. The van der Waals surface area contributed by atoms with E-state index in [1.165, 1.54) is 0 Å². The van der Waals surface area contributed by atoms with Gasteiger partial charge in [-0.2, -0.15) is 0 Å². The highest BCUT2D eigenvalue weighted by Gasteiger charge is 2.44. The standard InChI is InChI=1S/C12H17O4P/c1-6-9(13)11(15)12(16-6)10(14)7-2-4-8(17)5-3-7/h2-6,9-15H,17H2,1H3/t6-,9-,10-,11-,12+/m0/s1. The maximum absolute atomic E-state index is 10.1. The van der Waals surface area contributed by atoms with Crippen molar-refractivity contribution >= 4 is 14.5 Å². The summed E-state index contributed by atoms with van der Waals surface area (Å²) >= 11 is 0. The van der Waals surface area contributed by atoms with Gasteiger partial charge >= 0.3 is 0 Å². The average Bonchev–Trinajstić information content (AvgIpc) is 2.57. The minimum absolute atomic E-state index is 0.467. The highest BCUT2D eigenvalue weighted by molar-refractivity contribution is 7.27. The second kappa shape index (κ2) is 5.01. The van der Waals surface area contributed by atoms with Crippen molar-refractivity contribution in [2.24, 2.45) is 0 Å². The lowest BCUT2D eigenvalue weighted by molar-refractivity contribution is -0.0635. The van der Waals surface area contributed by atoms with E-state index in [0.717, 1.165) is 5.30 Å². The van der Waals surface area contributed by atoms with E-state index in [9.17, 15) is 15.3 Å². The molecule has 1 aliphatic rings. The molecule has 0 bridgehead atoms. The summed E-state index contributed by atoms with van der Waals surface area (Å²) in [4.78, 5) is 0. The summed E-state index contributed by atoms with van der Waals surface area (Å²) in [6.45, 7) is 1.67. The Balaban J connectivity index is 2.15. The summed E-state index contributed by atoms with van der Waals surface area (Å²) in [6, 6.07) is 7.26. The van der Waals surface area contributed by atoms with Gasteiger partial charge in [-0.1, -0.05) is 24.3 Å². The largest absolute Gasteiger partial charge is 0.388 e. The van der Waals surface area contributed by atoms with E-state index in [-0.39, 0.29) is 0 Å². The smallest absolute Gasteiger partial charge is 0.116 e. The van der Waals surface area contributed by atoms with Crippen molar-refractivity contribution in [2.75, 3.05) is 0 Å². The molecule has 1 aromatic carbocycles. The van der Waals surface area contributed by atoms with Crippen molar-refractivity contribution in [1.82, 2.24) is 0 Å². The van der Waals surface area contributed by atoms with Crippen molar-refractivity contribution < 1.29 is 20.1 Å². The number of aliphatic hydroxyl groups is 3. The summed E-state index contributed by atoms with van der Waals surface area (Å²) in [6.07, 6.45) is -4.19. The predicted octanol–water partition coefficient (Wildman–Crippen LogP) is -0.271. The van der Waals surface area contributed by atoms with E-state index in [2.05, 4.69) is 9.24 Å². The van der Waals surface area contributed by atoms with Gasteiger partial charge in [0.2, 0.25) is 0 Å². The molecule has 4 nitrogen and oxygen atoms in total. The molecule has 0 aromatic heterocycles. The van der Waals surface area contributed by atoms with Crippen LogP contribution in [0.3, 0.4) is 0 Å². The zero-order chi connectivity index (χ0) is 12.6. The third kappa shape index (κ3) is 2.51. The summed E-state index contributed by atoms with van der Waals surface area (Å²) in [7, 11) is 2.56. The van der Waals surface area contributed by atoms with Crippen LogP contribution in [0.4, 0.5) is 0 Å². The van der Waals surface area contributed by atoms with Crippen molar-refractivity contribution in [3.05, 3.63) is 29.8 Å². The van der Waals surface area contributed by atoms with Crippen LogP contribution in [0.2, 0.25) is 0 Å². The maximum atomic E-state index is 10.1. The molecule has 5 heteroatoms. The van der Waals surface area contributed by atoms with E-state index in [4.69, 9.17) is 4.74 Å². The monoisotopic (exact) mass is 256 g/mol. The third-order valence-electron chi connectivity index (χ3n) is 3.13. The van der Waals surface area contributed by atoms with Crippen LogP contribution in [0.1, 0.15) is 18.6 Å². The fourth-order valence-electron chi connectivity index (χ4n) is 2.02. The molecule has 1 fully saturated rings. The van der Waals surface area contributed by atoms with Crippen molar-refractivity contribution in [2.45, 2.75) is 37.4 Å². The fourth-order valence-corrected chi connectivity index (χ4v) is 2.22. The van der Waals surface area contributed by atoms with Gasteiger partial charge in [0, 0.05) is 0 Å². The van der Waals surface area contributed by atoms with Gasteiger partial charge in [-0.25, -0.2) is 0 Å².